The molecule has 2 nitrogen and oxygen atoms in total. The van der Waals surface area contributed by atoms with Crippen LogP contribution in [0.25, 0.3) is 0 Å². The molecule has 0 aliphatic carbocycles. The second-order valence-corrected chi connectivity index (χ2v) is 4.16. The van der Waals surface area contributed by atoms with Crippen molar-refractivity contribution >= 4 is 5.69 Å². The third kappa shape index (κ3) is 3.24. The Hall–Kier alpha value is -1.02. The van der Waals surface area contributed by atoms with E-state index < -0.39 is 0 Å². The molecule has 0 aliphatic heterocycles. The first kappa shape index (κ1) is 12.1. The van der Waals surface area contributed by atoms with Gasteiger partial charge in [-0.25, -0.2) is 0 Å². The molecular formula is C13H22N2. The van der Waals surface area contributed by atoms with Crippen LogP contribution in [0.15, 0.2) is 24.3 Å². The lowest BCUT2D eigenvalue weighted by Crippen LogP contribution is -2.31. The molecule has 2 N–H and O–H groups in total. The zero-order valence-corrected chi connectivity index (χ0v) is 10.0. The molecule has 0 aromatic heterocycles. The number of nitrogens with two attached hydrogens (primary N) is 1. The Morgan fingerprint density at radius 1 is 1.20 bits per heavy atom. The van der Waals surface area contributed by atoms with Gasteiger partial charge in [0.15, 0.2) is 0 Å². The molecule has 84 valence electrons. The van der Waals surface area contributed by atoms with Crippen molar-refractivity contribution in [1.29, 1.82) is 0 Å². The van der Waals surface area contributed by atoms with Crippen molar-refractivity contribution in [3.63, 3.8) is 0 Å². The van der Waals surface area contributed by atoms with E-state index >= 15 is 0 Å². The Labute approximate surface area is 93.1 Å². The summed E-state index contributed by atoms with van der Waals surface area (Å²) in [4.78, 5) is 2.42. The summed E-state index contributed by atoms with van der Waals surface area (Å²) in [5, 5.41) is 0. The molecule has 0 spiro atoms. The molecule has 0 atom stereocenters. The van der Waals surface area contributed by atoms with E-state index in [1.54, 1.807) is 0 Å². The number of rotatable bonds is 5. The monoisotopic (exact) mass is 206 g/mol. The molecule has 0 saturated heterocycles. The zero-order valence-electron chi connectivity index (χ0n) is 10.0. The standard InChI is InChI=1S/C13H22N2/c1-4-9-15(11(2)3)13-7-5-12(10-14)6-8-13/h5-8,11H,4,9-10,14H2,1-3H3. The van der Waals surface area contributed by atoms with E-state index in [-0.39, 0.29) is 0 Å². The SMILES string of the molecule is CCCN(c1ccc(CN)cc1)C(C)C. The summed E-state index contributed by atoms with van der Waals surface area (Å²) >= 11 is 0. The predicted molar refractivity (Wildman–Crippen MR) is 67.1 cm³/mol. The van der Waals surface area contributed by atoms with Gasteiger partial charge in [0.2, 0.25) is 0 Å². The lowest BCUT2D eigenvalue weighted by Gasteiger charge is -2.28. The van der Waals surface area contributed by atoms with Gasteiger partial charge in [0.1, 0.15) is 0 Å². The molecule has 1 aromatic rings. The molecule has 15 heavy (non-hydrogen) atoms. The number of benzene rings is 1. The number of hydrogen-bond donors (Lipinski definition) is 1. The Kier molecular flexibility index (Phi) is 4.63. The summed E-state index contributed by atoms with van der Waals surface area (Å²) in [5.74, 6) is 0. The maximum Gasteiger partial charge on any atom is 0.0368 e. The lowest BCUT2D eigenvalue weighted by atomic mass is 10.1. The summed E-state index contributed by atoms with van der Waals surface area (Å²) in [5.41, 5.74) is 8.07. The topological polar surface area (TPSA) is 29.3 Å². The number of hydrogen-bond acceptors (Lipinski definition) is 2. The minimum atomic E-state index is 0.550. The third-order valence-electron chi connectivity index (χ3n) is 2.59. The van der Waals surface area contributed by atoms with E-state index in [1.165, 1.54) is 17.7 Å². The average molecular weight is 206 g/mol. The number of nitrogens with zero attached hydrogens (tertiary/aromatic N) is 1. The molecule has 0 bridgehead atoms. The van der Waals surface area contributed by atoms with Crippen LogP contribution in [0.1, 0.15) is 32.8 Å². The molecule has 2 heteroatoms. The highest BCUT2D eigenvalue weighted by molar-refractivity contribution is 5.48. The van der Waals surface area contributed by atoms with Gasteiger partial charge in [0.05, 0.1) is 0 Å². The second kappa shape index (κ2) is 5.76. The van der Waals surface area contributed by atoms with Crippen molar-refractivity contribution in [3.05, 3.63) is 29.8 Å². The molecular weight excluding hydrogens is 184 g/mol. The van der Waals surface area contributed by atoms with E-state index in [0.29, 0.717) is 12.6 Å². The van der Waals surface area contributed by atoms with Gasteiger partial charge in [-0.15, -0.1) is 0 Å². The van der Waals surface area contributed by atoms with Gasteiger partial charge >= 0.3 is 0 Å². The fourth-order valence-corrected chi connectivity index (χ4v) is 1.75. The van der Waals surface area contributed by atoms with Crippen LogP contribution in [-0.2, 0) is 6.54 Å². The van der Waals surface area contributed by atoms with Crippen LogP contribution in [0.4, 0.5) is 5.69 Å². The summed E-state index contributed by atoms with van der Waals surface area (Å²) < 4.78 is 0. The average Bonchev–Trinajstić information content (AvgIpc) is 2.26. The minimum Gasteiger partial charge on any atom is -0.369 e. The van der Waals surface area contributed by atoms with Crippen molar-refractivity contribution in [2.24, 2.45) is 5.73 Å². The smallest absolute Gasteiger partial charge is 0.0368 e. The van der Waals surface area contributed by atoms with Gasteiger partial charge in [0, 0.05) is 24.8 Å². The molecule has 1 aromatic carbocycles. The van der Waals surface area contributed by atoms with Gasteiger partial charge < -0.3 is 10.6 Å². The van der Waals surface area contributed by atoms with Crippen molar-refractivity contribution < 1.29 is 0 Å². The zero-order chi connectivity index (χ0) is 11.3. The molecule has 0 amide bonds. The first-order valence-electron chi connectivity index (χ1n) is 5.74. The Bertz CT molecular complexity index is 277. The summed E-state index contributed by atoms with van der Waals surface area (Å²) in [6.45, 7) is 8.40. The summed E-state index contributed by atoms with van der Waals surface area (Å²) in [6.07, 6.45) is 1.18. The molecule has 0 radical (unpaired) electrons. The maximum absolute atomic E-state index is 5.58. The Morgan fingerprint density at radius 2 is 1.80 bits per heavy atom. The fourth-order valence-electron chi connectivity index (χ4n) is 1.75. The maximum atomic E-state index is 5.58. The third-order valence-corrected chi connectivity index (χ3v) is 2.59. The van der Waals surface area contributed by atoms with Crippen LogP contribution in [-0.4, -0.2) is 12.6 Å². The first-order chi connectivity index (χ1) is 7.19. The van der Waals surface area contributed by atoms with Gasteiger partial charge in [-0.2, -0.15) is 0 Å². The molecule has 0 fully saturated rings. The van der Waals surface area contributed by atoms with E-state index in [9.17, 15) is 0 Å². The molecule has 0 unspecified atom stereocenters. The highest BCUT2D eigenvalue weighted by atomic mass is 15.1. The van der Waals surface area contributed by atoms with Crippen molar-refractivity contribution in [2.45, 2.75) is 39.8 Å². The van der Waals surface area contributed by atoms with Crippen LogP contribution in [0, 0.1) is 0 Å². The highest BCUT2D eigenvalue weighted by Gasteiger charge is 2.08. The van der Waals surface area contributed by atoms with Crippen LogP contribution in [0.5, 0.6) is 0 Å². The lowest BCUT2D eigenvalue weighted by molar-refractivity contribution is 0.671. The van der Waals surface area contributed by atoms with Gasteiger partial charge in [-0.3, -0.25) is 0 Å². The van der Waals surface area contributed by atoms with Crippen molar-refractivity contribution in [3.8, 4) is 0 Å². The quantitative estimate of drug-likeness (QED) is 0.802. The second-order valence-electron chi connectivity index (χ2n) is 4.16. The van der Waals surface area contributed by atoms with Crippen LogP contribution in [0.2, 0.25) is 0 Å². The number of anilines is 1. The van der Waals surface area contributed by atoms with Gasteiger partial charge in [0.25, 0.3) is 0 Å². The van der Waals surface area contributed by atoms with E-state index in [0.717, 1.165) is 6.54 Å². The van der Waals surface area contributed by atoms with Crippen LogP contribution >= 0.6 is 0 Å². The minimum absolute atomic E-state index is 0.550. The van der Waals surface area contributed by atoms with E-state index in [2.05, 4.69) is 49.9 Å². The molecule has 0 aliphatic rings. The highest BCUT2D eigenvalue weighted by Crippen LogP contribution is 2.18. The van der Waals surface area contributed by atoms with Gasteiger partial charge in [-0.05, 0) is 38.0 Å². The largest absolute Gasteiger partial charge is 0.369 e. The molecule has 0 heterocycles. The molecule has 1 rings (SSSR count). The van der Waals surface area contributed by atoms with E-state index in [4.69, 9.17) is 5.73 Å². The predicted octanol–water partition coefficient (Wildman–Crippen LogP) is 2.77. The Morgan fingerprint density at radius 3 is 2.20 bits per heavy atom. The van der Waals surface area contributed by atoms with Crippen LogP contribution < -0.4 is 10.6 Å². The summed E-state index contributed by atoms with van der Waals surface area (Å²) in [7, 11) is 0. The first-order valence-corrected chi connectivity index (χ1v) is 5.74. The molecule has 0 saturated carbocycles. The summed E-state index contributed by atoms with van der Waals surface area (Å²) in [6, 6.07) is 9.10. The van der Waals surface area contributed by atoms with Gasteiger partial charge in [-0.1, -0.05) is 19.1 Å². The Balaban J connectivity index is 2.81. The van der Waals surface area contributed by atoms with Crippen LogP contribution in [0.3, 0.4) is 0 Å². The fraction of sp³-hybridized carbons (Fsp3) is 0.538. The van der Waals surface area contributed by atoms with Crippen molar-refractivity contribution in [2.75, 3.05) is 11.4 Å². The normalized spacial score (nSPS) is 10.7. The van der Waals surface area contributed by atoms with Crippen molar-refractivity contribution in [1.82, 2.24) is 0 Å². The van der Waals surface area contributed by atoms with E-state index in [1.807, 2.05) is 0 Å².